The average Bonchev–Trinajstić information content (AvgIpc) is 2.89. The average molecular weight is 312 g/mol. The number of halogens is 1. The van der Waals surface area contributed by atoms with E-state index in [4.69, 9.17) is 15.2 Å². The summed E-state index contributed by atoms with van der Waals surface area (Å²) in [7, 11) is 3.48. The van der Waals surface area contributed by atoms with E-state index in [2.05, 4.69) is 4.99 Å². The van der Waals surface area contributed by atoms with Crippen LogP contribution < -0.4 is 15.9 Å². The molecular weight excluding hydrogens is 294 g/mol. The number of aryl methyl sites for hydroxylation is 1. The minimum absolute atomic E-state index is 0.111. The number of ether oxygens (including phenoxy) is 2. The summed E-state index contributed by atoms with van der Waals surface area (Å²) in [4.78, 5) is 4.50. The largest absolute Gasteiger partial charge is 0.496 e. The Kier molecular flexibility index (Phi) is 3.76. The Morgan fingerprint density at radius 1 is 1.26 bits per heavy atom. The monoisotopic (exact) mass is 312 g/mol. The molecule has 3 rings (SSSR count). The normalized spacial score (nSPS) is 20.0. The zero-order valence-electron chi connectivity index (χ0n) is 13.4. The fourth-order valence-corrected chi connectivity index (χ4v) is 3.00. The number of aliphatic imine (C=N–C) groups is 1. The molecule has 0 amide bonds. The van der Waals surface area contributed by atoms with Crippen molar-refractivity contribution in [3.05, 3.63) is 58.9 Å². The van der Waals surface area contributed by atoms with Gasteiger partial charge in [0, 0.05) is 0 Å². The van der Waals surface area contributed by atoms with E-state index in [0.717, 1.165) is 27.9 Å². The van der Waals surface area contributed by atoms with Gasteiger partial charge >= 0.3 is 0 Å². The molecule has 2 aromatic carbocycles. The van der Waals surface area contributed by atoms with Crippen LogP contribution in [0.15, 0.2) is 41.4 Å². The number of hydrogen-bond donors (Lipinski definition) is 1. The van der Waals surface area contributed by atoms with Crippen LogP contribution in [0.2, 0.25) is 0 Å². The molecule has 2 aromatic rings. The highest BCUT2D eigenvalue weighted by atomic mass is 19.1. The molecule has 0 aromatic heterocycles. The predicted octanol–water partition coefficient (Wildman–Crippen LogP) is 0.990. The summed E-state index contributed by atoms with van der Waals surface area (Å²) in [5.74, 6) is 0.487. The Hall–Kier alpha value is -2.50. The van der Waals surface area contributed by atoms with Gasteiger partial charge in [-0.25, -0.2) is 9.38 Å². The van der Waals surface area contributed by atoms with Crippen LogP contribution in [-0.2, 0) is 10.3 Å². The van der Waals surface area contributed by atoms with Gasteiger partial charge in [-0.15, -0.1) is 0 Å². The van der Waals surface area contributed by atoms with Gasteiger partial charge in [-0.2, -0.15) is 0 Å². The highest BCUT2D eigenvalue weighted by Crippen LogP contribution is 2.38. The number of nitrogens with two attached hydrogens (primary N) is 1. The van der Waals surface area contributed by atoms with Crippen molar-refractivity contribution in [1.29, 1.82) is 0 Å². The van der Waals surface area contributed by atoms with Crippen LogP contribution in [0.1, 0.15) is 16.7 Å². The lowest BCUT2D eigenvalue weighted by molar-refractivity contribution is 0.278. The summed E-state index contributed by atoms with van der Waals surface area (Å²) in [6.45, 7) is 2.20. The summed E-state index contributed by atoms with van der Waals surface area (Å²) >= 11 is 0. The summed E-state index contributed by atoms with van der Waals surface area (Å²) in [5, 5.41) is 0. The molecule has 2 N–H and O–H groups in total. The number of rotatable bonds is 3. The van der Waals surface area contributed by atoms with Crippen LogP contribution in [0.4, 0.5) is 4.39 Å². The lowest BCUT2D eigenvalue weighted by Gasteiger charge is -2.26. The predicted molar refractivity (Wildman–Crippen MR) is 90.7 cm³/mol. The molecule has 1 atom stereocenters. The lowest BCUT2D eigenvalue weighted by atomic mass is 9.81. The second kappa shape index (κ2) is 5.61. The first-order valence-corrected chi connectivity index (χ1v) is 7.35. The molecule has 1 heterocycles. The number of methoxy groups -OCH3 is 1. The second-order valence-electron chi connectivity index (χ2n) is 5.80. The van der Waals surface area contributed by atoms with Gasteiger partial charge < -0.3 is 15.2 Å². The molecule has 0 fully saturated rings. The molecule has 118 valence electrons. The quantitative estimate of drug-likeness (QED) is 0.860. The zero-order valence-corrected chi connectivity index (χ0v) is 13.4. The summed E-state index contributed by atoms with van der Waals surface area (Å²) in [6.07, 6.45) is 0. The molecule has 1 aliphatic rings. The third-order valence-corrected chi connectivity index (χ3v) is 4.12. The van der Waals surface area contributed by atoms with E-state index in [1.165, 1.54) is 12.1 Å². The zero-order chi connectivity index (χ0) is 16.6. The van der Waals surface area contributed by atoms with Crippen LogP contribution in [-0.4, -0.2) is 27.6 Å². The van der Waals surface area contributed by atoms with Crippen molar-refractivity contribution in [3.8, 4) is 5.75 Å². The highest BCUT2D eigenvalue weighted by molar-refractivity contribution is 6.32. The number of amidine groups is 1. The topological polar surface area (TPSA) is 56.8 Å². The van der Waals surface area contributed by atoms with E-state index in [9.17, 15) is 4.39 Å². The Labute approximate surface area is 135 Å². The van der Waals surface area contributed by atoms with Gasteiger partial charge in [-0.1, -0.05) is 17.6 Å². The Bertz CT molecular complexity index is 774. The van der Waals surface area contributed by atoms with Crippen molar-refractivity contribution in [2.75, 3.05) is 13.7 Å². The van der Waals surface area contributed by atoms with E-state index in [0.29, 0.717) is 0 Å². The molecule has 4 nitrogen and oxygen atoms in total. The van der Waals surface area contributed by atoms with Crippen LogP contribution in [0.25, 0.3) is 0 Å². The first kappa shape index (κ1) is 15.4. The van der Waals surface area contributed by atoms with Gasteiger partial charge in [0.1, 0.15) is 26.0 Å². The molecule has 23 heavy (non-hydrogen) atoms. The Balaban J connectivity index is 2.20. The summed E-state index contributed by atoms with van der Waals surface area (Å²) < 4.78 is 24.7. The van der Waals surface area contributed by atoms with Crippen LogP contribution in [0.5, 0.6) is 5.75 Å². The van der Waals surface area contributed by atoms with Crippen molar-refractivity contribution in [2.24, 2.45) is 10.7 Å². The molecule has 0 saturated carbocycles. The molecule has 0 saturated heterocycles. The minimum atomic E-state index is -0.839. The van der Waals surface area contributed by atoms with Crippen molar-refractivity contribution < 1.29 is 13.9 Å². The summed E-state index contributed by atoms with van der Waals surface area (Å²) in [5.41, 5.74) is 8.33. The fraction of sp³-hybridized carbons (Fsp3) is 0.235. The van der Waals surface area contributed by atoms with Crippen molar-refractivity contribution in [1.82, 2.24) is 0 Å². The first-order valence-electron chi connectivity index (χ1n) is 7.35. The first-order chi connectivity index (χ1) is 10.9. The smallest absolute Gasteiger partial charge is 0.283 e. The van der Waals surface area contributed by atoms with Gasteiger partial charge in [0.05, 0.1) is 7.11 Å². The van der Waals surface area contributed by atoms with E-state index in [1.807, 2.05) is 39.0 Å². The third kappa shape index (κ3) is 2.65. The van der Waals surface area contributed by atoms with Gasteiger partial charge in [0.15, 0.2) is 5.54 Å². The maximum atomic E-state index is 13.9. The van der Waals surface area contributed by atoms with E-state index in [1.54, 1.807) is 7.11 Å². The maximum absolute atomic E-state index is 13.9. The third-order valence-electron chi connectivity index (χ3n) is 4.12. The maximum Gasteiger partial charge on any atom is 0.283 e. The molecule has 0 radical (unpaired) electrons. The van der Waals surface area contributed by atoms with Crippen LogP contribution in [0, 0.1) is 12.7 Å². The van der Waals surface area contributed by atoms with E-state index < -0.39 is 5.54 Å². The number of hydrogen-bond acceptors (Lipinski definition) is 4. The van der Waals surface area contributed by atoms with Crippen molar-refractivity contribution in [3.63, 3.8) is 0 Å². The second-order valence-corrected chi connectivity index (χ2v) is 5.80. The Morgan fingerprint density at radius 2 is 2.04 bits per heavy atom. The van der Waals surface area contributed by atoms with Gasteiger partial charge in [0.2, 0.25) is 0 Å². The van der Waals surface area contributed by atoms with Gasteiger partial charge in [-0.3, -0.25) is 0 Å². The summed E-state index contributed by atoms with van der Waals surface area (Å²) in [6, 6.07) is 10.8. The molecule has 1 aliphatic heterocycles. The van der Waals surface area contributed by atoms with Gasteiger partial charge in [0.25, 0.3) is 6.02 Å². The van der Waals surface area contributed by atoms with Crippen LogP contribution in [0.3, 0.4) is 0 Å². The molecule has 0 bridgehead atoms. The standard InChI is InChI=1S/C17H18BFN2O2/c1-10-5-11(3-4-15(10)22-2)17(9-23-16(20)21-17)12-6-13(18)8-14(19)7-12/h3-8H,9,18H2,1-2H3,(H2,20,21). The number of benzene rings is 2. The Morgan fingerprint density at radius 3 is 2.61 bits per heavy atom. The SMILES string of the molecule is Bc1cc(F)cc(C2(c3ccc(OC)c(C)c3)COC(N)=N2)c1. The van der Waals surface area contributed by atoms with Crippen LogP contribution >= 0.6 is 0 Å². The van der Waals surface area contributed by atoms with E-state index in [-0.39, 0.29) is 18.4 Å². The molecule has 1 unspecified atom stereocenters. The minimum Gasteiger partial charge on any atom is -0.496 e. The van der Waals surface area contributed by atoms with Crippen molar-refractivity contribution >= 4 is 19.3 Å². The highest BCUT2D eigenvalue weighted by Gasteiger charge is 2.40. The lowest BCUT2D eigenvalue weighted by Crippen LogP contribution is -2.29. The fourth-order valence-electron chi connectivity index (χ4n) is 3.00. The van der Waals surface area contributed by atoms with Gasteiger partial charge in [-0.05, 0) is 47.9 Å². The molecular formula is C17H18BFN2O2. The van der Waals surface area contributed by atoms with Crippen molar-refractivity contribution in [2.45, 2.75) is 12.5 Å². The number of nitrogens with zero attached hydrogens (tertiary/aromatic N) is 1. The van der Waals surface area contributed by atoms with E-state index >= 15 is 0 Å². The molecule has 0 aliphatic carbocycles. The molecule has 6 heteroatoms. The molecule has 0 spiro atoms.